The molecule has 1 aromatic carbocycles. The van der Waals surface area contributed by atoms with Gasteiger partial charge in [-0.15, -0.1) is 0 Å². The third-order valence-electron chi connectivity index (χ3n) is 4.47. The van der Waals surface area contributed by atoms with E-state index in [0.29, 0.717) is 23.0 Å². The lowest BCUT2D eigenvalue weighted by atomic mass is 10.1. The van der Waals surface area contributed by atoms with Crippen LogP contribution in [-0.4, -0.2) is 54.0 Å². The summed E-state index contributed by atoms with van der Waals surface area (Å²) in [5.74, 6) is -2.08. The van der Waals surface area contributed by atoms with Crippen molar-refractivity contribution >= 4 is 17.5 Å². The zero-order valence-electron chi connectivity index (χ0n) is 15.0. The summed E-state index contributed by atoms with van der Waals surface area (Å²) in [6.45, 7) is 6.96. The van der Waals surface area contributed by atoms with Crippen molar-refractivity contribution in [2.24, 2.45) is 0 Å². The summed E-state index contributed by atoms with van der Waals surface area (Å²) in [6.07, 6.45) is 0. The maximum Gasteiger partial charge on any atom is 0.261 e. The van der Waals surface area contributed by atoms with Crippen LogP contribution in [0.15, 0.2) is 18.2 Å². The van der Waals surface area contributed by atoms with Gasteiger partial charge in [0.25, 0.3) is 5.91 Å². The van der Waals surface area contributed by atoms with Crippen molar-refractivity contribution in [3.63, 3.8) is 0 Å². The van der Waals surface area contributed by atoms with Crippen LogP contribution in [0.3, 0.4) is 0 Å². The van der Waals surface area contributed by atoms with E-state index in [4.69, 9.17) is 0 Å². The van der Waals surface area contributed by atoms with Crippen LogP contribution >= 0.6 is 0 Å². The van der Waals surface area contributed by atoms with E-state index in [1.54, 1.807) is 13.8 Å². The molecule has 138 valence electrons. The van der Waals surface area contributed by atoms with E-state index in [1.807, 2.05) is 0 Å². The van der Waals surface area contributed by atoms with E-state index in [0.717, 1.165) is 38.3 Å². The Morgan fingerprint density at radius 1 is 1.04 bits per heavy atom. The Morgan fingerprint density at radius 2 is 1.58 bits per heavy atom. The highest BCUT2D eigenvalue weighted by Crippen LogP contribution is 2.23. The number of anilines is 2. The monoisotopic (exact) mass is 361 g/mol. The minimum Gasteiger partial charge on any atom is -0.338 e. The maximum absolute atomic E-state index is 13.8. The van der Waals surface area contributed by atoms with Crippen molar-refractivity contribution in [3.8, 4) is 0 Å². The molecule has 26 heavy (non-hydrogen) atoms. The molecule has 0 bridgehead atoms. The Kier molecular flexibility index (Phi) is 5.13. The lowest BCUT2D eigenvalue weighted by Crippen LogP contribution is -2.45. The highest BCUT2D eigenvalue weighted by atomic mass is 19.1. The Bertz CT molecular complexity index is 791. The van der Waals surface area contributed by atoms with E-state index in [-0.39, 0.29) is 0 Å². The number of piperazine rings is 1. The van der Waals surface area contributed by atoms with Gasteiger partial charge in [0.15, 0.2) is 0 Å². The van der Waals surface area contributed by atoms with Crippen LogP contribution in [0.25, 0.3) is 0 Å². The predicted octanol–water partition coefficient (Wildman–Crippen LogP) is 2.38. The van der Waals surface area contributed by atoms with Crippen LogP contribution in [0.2, 0.25) is 0 Å². The van der Waals surface area contributed by atoms with E-state index in [2.05, 4.69) is 32.1 Å². The molecule has 1 N–H and O–H groups in total. The Balaban J connectivity index is 1.84. The van der Waals surface area contributed by atoms with Crippen LogP contribution < -0.4 is 10.2 Å². The summed E-state index contributed by atoms with van der Waals surface area (Å²) < 4.78 is 27.6. The smallest absolute Gasteiger partial charge is 0.261 e. The third kappa shape index (κ3) is 3.65. The Hall–Kier alpha value is -2.61. The van der Waals surface area contributed by atoms with Crippen LogP contribution in [0.5, 0.6) is 0 Å². The SMILES string of the molecule is Cc1nc(N2CCN(C)CC2)nc(C)c1NC(=O)c1c(F)cccc1F. The number of aryl methyl sites for hydroxylation is 2. The molecule has 0 radical (unpaired) electrons. The number of nitrogens with one attached hydrogen (secondary N) is 1. The fourth-order valence-corrected chi connectivity index (χ4v) is 2.92. The van der Waals surface area contributed by atoms with Gasteiger partial charge >= 0.3 is 0 Å². The molecule has 0 aliphatic carbocycles. The second-order valence-corrected chi connectivity index (χ2v) is 6.41. The fourth-order valence-electron chi connectivity index (χ4n) is 2.92. The molecular formula is C18H21F2N5O. The number of carbonyl (C=O) groups excluding carboxylic acids is 1. The molecular weight excluding hydrogens is 340 g/mol. The summed E-state index contributed by atoms with van der Waals surface area (Å²) in [6, 6.07) is 3.31. The molecule has 3 rings (SSSR count). The molecule has 0 spiro atoms. The van der Waals surface area contributed by atoms with E-state index in [1.165, 1.54) is 6.07 Å². The predicted molar refractivity (Wildman–Crippen MR) is 95.5 cm³/mol. The number of aromatic nitrogens is 2. The number of amides is 1. The van der Waals surface area contributed by atoms with Crippen molar-refractivity contribution < 1.29 is 13.6 Å². The van der Waals surface area contributed by atoms with Gasteiger partial charge in [0.05, 0.1) is 17.1 Å². The number of nitrogens with zero attached hydrogens (tertiary/aromatic N) is 4. The van der Waals surface area contributed by atoms with Crippen molar-refractivity contribution in [1.29, 1.82) is 0 Å². The fraction of sp³-hybridized carbons (Fsp3) is 0.389. The average Bonchev–Trinajstić information content (AvgIpc) is 2.58. The molecule has 1 fully saturated rings. The molecule has 2 aromatic rings. The number of hydrogen-bond donors (Lipinski definition) is 1. The van der Waals surface area contributed by atoms with Gasteiger partial charge in [0.1, 0.15) is 17.2 Å². The number of carbonyl (C=O) groups is 1. The molecule has 1 aliphatic rings. The Labute approximate surface area is 150 Å². The molecule has 1 aliphatic heterocycles. The third-order valence-corrected chi connectivity index (χ3v) is 4.47. The summed E-state index contributed by atoms with van der Waals surface area (Å²) in [5.41, 5.74) is 0.859. The molecule has 0 saturated carbocycles. The summed E-state index contributed by atoms with van der Waals surface area (Å²) in [4.78, 5) is 25.6. The number of rotatable bonds is 3. The number of benzene rings is 1. The minimum absolute atomic E-state index is 0.371. The zero-order valence-corrected chi connectivity index (χ0v) is 15.0. The molecule has 6 nitrogen and oxygen atoms in total. The van der Waals surface area contributed by atoms with Gasteiger partial charge in [-0.25, -0.2) is 18.7 Å². The van der Waals surface area contributed by atoms with Gasteiger partial charge in [-0.3, -0.25) is 4.79 Å². The quantitative estimate of drug-likeness (QED) is 0.910. The lowest BCUT2D eigenvalue weighted by Gasteiger charge is -2.32. The summed E-state index contributed by atoms with van der Waals surface area (Å²) in [5, 5.41) is 2.54. The van der Waals surface area contributed by atoms with Crippen molar-refractivity contribution in [3.05, 3.63) is 46.8 Å². The maximum atomic E-state index is 13.8. The van der Waals surface area contributed by atoms with Crippen LogP contribution in [0.4, 0.5) is 20.4 Å². The van der Waals surface area contributed by atoms with Crippen molar-refractivity contribution in [1.82, 2.24) is 14.9 Å². The van der Waals surface area contributed by atoms with Crippen LogP contribution in [0, 0.1) is 25.5 Å². The van der Waals surface area contributed by atoms with E-state index < -0.39 is 23.1 Å². The second kappa shape index (κ2) is 7.33. The van der Waals surface area contributed by atoms with Gasteiger partial charge in [-0.2, -0.15) is 0 Å². The van der Waals surface area contributed by atoms with E-state index in [9.17, 15) is 13.6 Å². The van der Waals surface area contributed by atoms with Gasteiger partial charge in [-0.05, 0) is 33.0 Å². The summed E-state index contributed by atoms with van der Waals surface area (Å²) >= 11 is 0. The molecule has 2 heterocycles. The standard InChI is InChI=1S/C18H21F2N5O/c1-11-16(23-17(26)15-13(19)5-4-6-14(15)20)12(2)22-18(21-11)25-9-7-24(3)8-10-25/h4-6H,7-10H2,1-3H3,(H,23,26). The van der Waals surface area contributed by atoms with Gasteiger partial charge in [-0.1, -0.05) is 6.07 Å². The van der Waals surface area contributed by atoms with Crippen LogP contribution in [-0.2, 0) is 0 Å². The van der Waals surface area contributed by atoms with Gasteiger partial charge < -0.3 is 15.1 Å². The van der Waals surface area contributed by atoms with Crippen LogP contribution in [0.1, 0.15) is 21.7 Å². The first-order chi connectivity index (χ1) is 12.4. The molecule has 1 aromatic heterocycles. The molecule has 0 atom stereocenters. The van der Waals surface area contributed by atoms with Crippen molar-refractivity contribution in [2.75, 3.05) is 43.4 Å². The minimum atomic E-state index is -0.909. The van der Waals surface area contributed by atoms with Gasteiger partial charge in [0, 0.05) is 26.2 Å². The molecule has 1 saturated heterocycles. The van der Waals surface area contributed by atoms with E-state index >= 15 is 0 Å². The zero-order chi connectivity index (χ0) is 18.8. The topological polar surface area (TPSA) is 61.4 Å². The second-order valence-electron chi connectivity index (χ2n) is 6.41. The highest BCUT2D eigenvalue weighted by molar-refractivity contribution is 6.05. The average molecular weight is 361 g/mol. The first-order valence-corrected chi connectivity index (χ1v) is 8.41. The van der Waals surface area contributed by atoms with Gasteiger partial charge in [0.2, 0.25) is 5.95 Å². The Morgan fingerprint density at radius 3 is 2.12 bits per heavy atom. The lowest BCUT2D eigenvalue weighted by molar-refractivity contribution is 0.101. The molecule has 8 heteroatoms. The molecule has 0 unspecified atom stereocenters. The first kappa shape index (κ1) is 18.2. The molecule has 1 amide bonds. The normalized spacial score (nSPS) is 15.2. The summed E-state index contributed by atoms with van der Waals surface area (Å²) in [7, 11) is 2.06. The van der Waals surface area contributed by atoms with Crippen molar-refractivity contribution in [2.45, 2.75) is 13.8 Å². The number of halogens is 2. The number of hydrogen-bond acceptors (Lipinski definition) is 5. The highest BCUT2D eigenvalue weighted by Gasteiger charge is 2.22. The first-order valence-electron chi connectivity index (χ1n) is 8.41. The largest absolute Gasteiger partial charge is 0.338 e. The number of likely N-dealkylation sites (N-methyl/N-ethyl adjacent to an activating group) is 1.